The molecule has 14 rings (SSSR count). The highest BCUT2D eigenvalue weighted by Gasteiger charge is 2.75. The Kier molecular flexibility index (Phi) is 38.4. The maximum atomic E-state index is 16.9. The van der Waals surface area contributed by atoms with Crippen molar-refractivity contribution in [3.8, 4) is 0 Å². The van der Waals surface area contributed by atoms with Gasteiger partial charge in [-0.15, -0.1) is 13.2 Å². The number of carbonyl (C=O) groups excluding carboxylic acids is 3. The summed E-state index contributed by atoms with van der Waals surface area (Å²) in [6.07, 6.45) is -67.9. The molecule has 0 bridgehead atoms. The molecular weight excluding hydrogens is 2000 g/mol. The van der Waals surface area contributed by atoms with Gasteiger partial charge in [-0.3, -0.25) is 4.79 Å². The lowest BCUT2D eigenvalue weighted by atomic mass is 9.33. The van der Waals surface area contributed by atoms with Crippen molar-refractivity contribution < 1.29 is 242 Å². The number of ether oxygens (including phenoxy) is 20. The molecule has 49 heteroatoms. The number of esters is 3. The summed E-state index contributed by atoms with van der Waals surface area (Å²) in [6, 6.07) is 0. The SMILES string of the molecule is C=CC(C)(CCC=C(C)C(=O)OC1C(O)C(C)OC(OC(C)(C=C)CCC=C(CO)C(=O)OC2CC3(C(=O)OC4OC(CO)C(O)C(O)C4OC4OC(C)C(OC5OC(CO)C(O)C5O)C(OC5OC(CO)C(O)C(O)C5O)C4O)C(O)CC4(C)C(=CCC5C6(C)CCC(OC7OC(COC8OCC(O)C(O)C8OC8OCC(O)C(O)C8O)C(O)C(O)C7O)C(C)(C)C6CCC54C)C3CC2(C)C)C1O)OC1OC(C)C(O)C(O)C1O. The molecule has 54 atom stereocenters. The second-order valence-electron chi connectivity index (χ2n) is 45.7. The van der Waals surface area contributed by atoms with Crippen molar-refractivity contribution in [2.45, 2.75) is 455 Å². The van der Waals surface area contributed by atoms with E-state index in [9.17, 15) is 138 Å². The molecule has 0 aromatic rings. The molecule has 49 nitrogen and oxygen atoms in total. The maximum absolute atomic E-state index is 16.9. The van der Waals surface area contributed by atoms with Crippen molar-refractivity contribution in [2.24, 2.45) is 50.2 Å². The lowest BCUT2D eigenvalue weighted by Crippen LogP contribution is -2.70. The first kappa shape index (κ1) is 121. The zero-order valence-electron chi connectivity index (χ0n) is 86.5. The largest absolute Gasteiger partial charge is 0.458 e. The van der Waals surface area contributed by atoms with Crippen molar-refractivity contribution in [1.29, 1.82) is 0 Å². The van der Waals surface area contributed by atoms with Crippen LogP contribution in [0.3, 0.4) is 0 Å². The van der Waals surface area contributed by atoms with Gasteiger partial charge in [0.05, 0.1) is 93.5 Å². The average Bonchev–Trinajstić information content (AvgIpc) is 0.728. The van der Waals surface area contributed by atoms with Crippen LogP contribution in [-0.4, -0.2) is 484 Å². The molecule has 5 aliphatic carbocycles. The maximum Gasteiger partial charge on any atom is 0.336 e. The standard InChI is InChI=1S/C101H160O49/c1-16-96(11,149-89-74(125)66(117)58(109)41(4)134-89)26-18-20-40(3)82(128)143-78-59(110)42(5)135-90(75(78)126)150-97(12,17-2)27-19-21-44(33-102)83(129)141-57-32-101(93(130)148-92-81(69(120)63(114)50(35-104)139-92)147-88-76(127)79(145-87-73(124)67(118)62(113)49(34-103)137-87)77(43(6)136-88)144-86-71(122)64(115)51(36-105)138-86)46(30-94(57,7)8)45-22-23-54-98(13)28-25-56(95(9,10)53(98)24-29-99(54,14)100(45,15)31-55(101)108)142-85-72(123)68(119)65(116)52(140-85)39-133-91-80(61(112)48(107)38-132-91)146-84-70(121)60(111)47(106)37-131-84/h16-17,20-22,41-43,46-81,84-92,102-127H,1-2,18-19,23-39H2,3-15H3. The molecule has 14 aliphatic rings. The Balaban J connectivity index is 0.723. The highest BCUT2D eigenvalue weighted by atomic mass is 16.8. The fourth-order valence-corrected chi connectivity index (χ4v) is 25.4. The van der Waals surface area contributed by atoms with E-state index in [0.29, 0.717) is 37.7 Å². The summed E-state index contributed by atoms with van der Waals surface area (Å²) in [6.45, 7) is 25.4. The quantitative estimate of drug-likeness (QED) is 0.00922. The first-order chi connectivity index (χ1) is 70.3. The van der Waals surface area contributed by atoms with Gasteiger partial charge in [-0.05, 0) is 152 Å². The van der Waals surface area contributed by atoms with Crippen molar-refractivity contribution in [3.63, 3.8) is 0 Å². The molecule has 9 heterocycles. The van der Waals surface area contributed by atoms with Gasteiger partial charge in [0.15, 0.2) is 62.5 Å². The van der Waals surface area contributed by atoms with Crippen molar-refractivity contribution >= 4 is 17.9 Å². The summed E-state index contributed by atoms with van der Waals surface area (Å²) in [5.41, 5.74) is -8.84. The van der Waals surface area contributed by atoms with Crippen LogP contribution in [0.4, 0.5) is 0 Å². The van der Waals surface area contributed by atoms with Crippen LogP contribution in [0, 0.1) is 50.2 Å². The summed E-state index contributed by atoms with van der Waals surface area (Å²) in [5.74, 6) is -4.78. The Morgan fingerprint density at radius 3 is 1.49 bits per heavy atom. The van der Waals surface area contributed by atoms with Gasteiger partial charge in [0.2, 0.25) is 6.29 Å². The molecule has 0 radical (unpaired) electrons. The number of aliphatic hydroxyl groups excluding tert-OH is 26. The summed E-state index contributed by atoms with van der Waals surface area (Å²) in [4.78, 5) is 45.9. The predicted octanol–water partition coefficient (Wildman–Crippen LogP) is -6.57. The highest BCUT2D eigenvalue weighted by Crippen LogP contribution is 2.77. The Morgan fingerprint density at radius 1 is 0.427 bits per heavy atom. The molecule has 0 amide bonds. The van der Waals surface area contributed by atoms with Gasteiger partial charge in [-0.2, -0.15) is 0 Å². The van der Waals surface area contributed by atoms with Crippen LogP contribution >= 0.6 is 0 Å². The van der Waals surface area contributed by atoms with E-state index in [1.54, 1.807) is 27.7 Å². The molecule has 9 saturated heterocycles. The van der Waals surface area contributed by atoms with E-state index < -0.39 is 397 Å². The first-order valence-electron chi connectivity index (χ1n) is 51.8. The van der Waals surface area contributed by atoms with E-state index in [0.717, 1.165) is 0 Å². The van der Waals surface area contributed by atoms with E-state index in [1.807, 2.05) is 20.8 Å². The van der Waals surface area contributed by atoms with E-state index in [4.69, 9.17) is 94.7 Å². The Labute approximate surface area is 867 Å². The number of rotatable bonds is 35. The number of fused-ring (bicyclic) bond motifs is 7. The second-order valence-corrected chi connectivity index (χ2v) is 45.7. The van der Waals surface area contributed by atoms with Crippen LogP contribution in [-0.2, 0) is 109 Å². The highest BCUT2D eigenvalue weighted by molar-refractivity contribution is 5.89. The number of hydrogen-bond acceptors (Lipinski definition) is 49. The summed E-state index contributed by atoms with van der Waals surface area (Å²) in [7, 11) is 0. The van der Waals surface area contributed by atoms with Crippen LogP contribution < -0.4 is 0 Å². The monoisotopic (exact) mass is 2160 g/mol. The molecule has 0 aromatic heterocycles. The second kappa shape index (κ2) is 47.7. The molecule has 13 fully saturated rings. The zero-order chi connectivity index (χ0) is 110. The Bertz CT molecular complexity index is 4630. The molecule has 0 spiro atoms. The van der Waals surface area contributed by atoms with Crippen molar-refractivity contribution in [1.82, 2.24) is 0 Å². The molecule has 26 N–H and O–H groups in total. The van der Waals surface area contributed by atoms with Crippen molar-refractivity contribution in [3.05, 3.63) is 60.3 Å². The summed E-state index contributed by atoms with van der Waals surface area (Å²) in [5, 5.41) is 290. The summed E-state index contributed by atoms with van der Waals surface area (Å²) >= 11 is 0. The normalized spacial score (nSPS) is 49.2. The third-order valence-electron chi connectivity index (χ3n) is 35.3. The van der Waals surface area contributed by atoms with Crippen molar-refractivity contribution in [2.75, 3.05) is 46.2 Å². The minimum Gasteiger partial charge on any atom is -0.458 e. The van der Waals surface area contributed by atoms with Crippen LogP contribution in [0.2, 0.25) is 0 Å². The van der Waals surface area contributed by atoms with Crippen LogP contribution in [0.25, 0.3) is 0 Å². The van der Waals surface area contributed by atoms with Gasteiger partial charge in [0.25, 0.3) is 0 Å². The molecule has 9 aliphatic heterocycles. The Morgan fingerprint density at radius 2 is 0.893 bits per heavy atom. The molecule has 858 valence electrons. The smallest absolute Gasteiger partial charge is 0.336 e. The number of aliphatic hydroxyl groups is 26. The van der Waals surface area contributed by atoms with Gasteiger partial charge < -0.3 is 228 Å². The minimum absolute atomic E-state index is 0.0520. The number of allylic oxidation sites excluding steroid dienone is 4. The van der Waals surface area contributed by atoms with E-state index in [1.165, 1.54) is 52.0 Å². The predicted molar refractivity (Wildman–Crippen MR) is 503 cm³/mol. The lowest BCUT2D eigenvalue weighted by Gasteiger charge is -2.72. The minimum atomic E-state index is -2.30. The van der Waals surface area contributed by atoms with Crippen LogP contribution in [0.1, 0.15) is 167 Å². The molecule has 150 heavy (non-hydrogen) atoms. The van der Waals surface area contributed by atoms with Gasteiger partial charge >= 0.3 is 17.9 Å². The summed E-state index contributed by atoms with van der Waals surface area (Å²) < 4.78 is 121. The molecule has 0 aromatic carbocycles. The molecular formula is C101H160O49. The third-order valence-corrected chi connectivity index (χ3v) is 35.3. The fraction of sp³-hybridized carbons (Fsp3) is 0.871. The van der Waals surface area contributed by atoms with E-state index >= 15 is 9.59 Å². The van der Waals surface area contributed by atoms with Gasteiger partial charge in [-0.1, -0.05) is 84.4 Å². The topological polar surface area (TPSA) is 762 Å². The number of hydrogen-bond donors (Lipinski definition) is 26. The van der Waals surface area contributed by atoms with E-state index in [2.05, 4.69) is 33.1 Å². The lowest BCUT2D eigenvalue weighted by molar-refractivity contribution is -0.390. The van der Waals surface area contributed by atoms with E-state index in [-0.39, 0.29) is 61.5 Å². The van der Waals surface area contributed by atoms with Gasteiger partial charge in [-0.25, -0.2) is 9.59 Å². The Hall–Kier alpha value is -4.61. The first-order valence-corrected chi connectivity index (χ1v) is 51.8. The average molecular weight is 2160 g/mol. The van der Waals surface area contributed by atoms with Crippen LogP contribution in [0.15, 0.2) is 60.3 Å². The fourth-order valence-electron chi connectivity index (χ4n) is 25.4. The van der Waals surface area contributed by atoms with Gasteiger partial charge in [0.1, 0.15) is 182 Å². The van der Waals surface area contributed by atoms with Crippen LogP contribution in [0.5, 0.6) is 0 Å². The van der Waals surface area contributed by atoms with Gasteiger partial charge in [0, 0.05) is 17.4 Å². The molecule has 54 unspecified atom stereocenters. The number of carbonyl (C=O) groups is 3. The molecule has 4 saturated carbocycles. The zero-order valence-corrected chi connectivity index (χ0v) is 86.5. The third kappa shape index (κ3) is 23.3.